The van der Waals surface area contributed by atoms with Crippen LogP contribution < -0.4 is 10.6 Å². The van der Waals surface area contributed by atoms with E-state index in [0.29, 0.717) is 10.9 Å². The normalized spacial score (nSPS) is 20.5. The van der Waals surface area contributed by atoms with E-state index in [1.165, 1.54) is 6.42 Å². The molecule has 0 radical (unpaired) electrons. The Morgan fingerprint density at radius 1 is 1.56 bits per heavy atom. The van der Waals surface area contributed by atoms with Gasteiger partial charge in [0.25, 0.3) is 0 Å². The molecule has 96 valence electrons. The highest BCUT2D eigenvalue weighted by Gasteiger charge is 2.22. The van der Waals surface area contributed by atoms with Crippen molar-refractivity contribution in [2.75, 3.05) is 29.5 Å². The van der Waals surface area contributed by atoms with Crippen LogP contribution in [0.2, 0.25) is 0 Å². The highest BCUT2D eigenvalue weighted by molar-refractivity contribution is 8.00. The van der Waals surface area contributed by atoms with Crippen molar-refractivity contribution in [3.8, 4) is 0 Å². The third-order valence-electron chi connectivity index (χ3n) is 3.18. The fourth-order valence-electron chi connectivity index (χ4n) is 2.22. The first-order valence-corrected chi connectivity index (χ1v) is 7.16. The third kappa shape index (κ3) is 1.98. The molecule has 1 aliphatic rings. The number of aromatic amines is 1. The molecule has 3 rings (SSSR count). The molecule has 3 N–H and O–H groups in total. The van der Waals surface area contributed by atoms with Gasteiger partial charge >= 0.3 is 0 Å². The zero-order valence-electron chi connectivity index (χ0n) is 10.3. The van der Waals surface area contributed by atoms with Gasteiger partial charge in [-0.3, -0.25) is 0 Å². The number of rotatable bonds is 2. The number of H-pyrrole nitrogens is 1. The molecule has 0 aromatic carbocycles. The standard InChI is InChI=1S/C11H16N6S/c1-2-7-5-17(3-4-18-7)10-8-9(14-6-13-8)15-11(12)16-10/h6-7H,2-5H2,1H3,(H3,12,13,14,15,16). The van der Waals surface area contributed by atoms with Gasteiger partial charge in [-0.05, 0) is 6.42 Å². The summed E-state index contributed by atoms with van der Waals surface area (Å²) in [5.74, 6) is 2.29. The van der Waals surface area contributed by atoms with E-state index in [0.717, 1.165) is 30.2 Å². The number of nitrogens with two attached hydrogens (primary N) is 1. The summed E-state index contributed by atoms with van der Waals surface area (Å²) in [6.07, 6.45) is 2.81. The quantitative estimate of drug-likeness (QED) is 0.849. The largest absolute Gasteiger partial charge is 0.368 e. The summed E-state index contributed by atoms with van der Waals surface area (Å²) in [6, 6.07) is 0. The molecule has 1 unspecified atom stereocenters. The molecule has 0 bridgehead atoms. The van der Waals surface area contributed by atoms with Crippen LogP contribution in [0.5, 0.6) is 0 Å². The molecule has 0 saturated carbocycles. The Labute approximate surface area is 109 Å². The summed E-state index contributed by atoms with van der Waals surface area (Å²) in [6.45, 7) is 4.22. The zero-order valence-corrected chi connectivity index (χ0v) is 11.1. The van der Waals surface area contributed by atoms with Gasteiger partial charge in [0.2, 0.25) is 5.95 Å². The average molecular weight is 264 g/mol. The van der Waals surface area contributed by atoms with Crippen molar-refractivity contribution in [3.63, 3.8) is 0 Å². The van der Waals surface area contributed by atoms with E-state index in [1.807, 2.05) is 11.8 Å². The number of nitrogen functional groups attached to an aromatic ring is 1. The van der Waals surface area contributed by atoms with Crippen LogP contribution in [0.4, 0.5) is 11.8 Å². The monoisotopic (exact) mass is 264 g/mol. The summed E-state index contributed by atoms with van der Waals surface area (Å²) < 4.78 is 0. The molecule has 1 aliphatic heterocycles. The van der Waals surface area contributed by atoms with Gasteiger partial charge in [0, 0.05) is 24.1 Å². The molecule has 1 fully saturated rings. The van der Waals surface area contributed by atoms with Crippen LogP contribution >= 0.6 is 11.8 Å². The second kappa shape index (κ2) is 4.64. The molecular weight excluding hydrogens is 248 g/mol. The average Bonchev–Trinajstić information content (AvgIpc) is 2.85. The van der Waals surface area contributed by atoms with E-state index in [9.17, 15) is 0 Å². The lowest BCUT2D eigenvalue weighted by Gasteiger charge is -2.32. The lowest BCUT2D eigenvalue weighted by atomic mass is 10.3. The predicted octanol–water partition coefficient (Wildman–Crippen LogP) is 1.27. The fourth-order valence-corrected chi connectivity index (χ4v) is 3.40. The van der Waals surface area contributed by atoms with E-state index in [1.54, 1.807) is 6.33 Å². The van der Waals surface area contributed by atoms with Crippen LogP contribution in [-0.4, -0.2) is 44.0 Å². The lowest BCUT2D eigenvalue weighted by Crippen LogP contribution is -2.38. The summed E-state index contributed by atoms with van der Waals surface area (Å²) in [5.41, 5.74) is 7.27. The number of nitrogens with one attached hydrogen (secondary N) is 1. The molecule has 3 heterocycles. The van der Waals surface area contributed by atoms with Crippen LogP contribution in [-0.2, 0) is 0 Å². The summed E-state index contributed by atoms with van der Waals surface area (Å²) in [4.78, 5) is 18.0. The van der Waals surface area contributed by atoms with Crippen LogP contribution in [0.1, 0.15) is 13.3 Å². The van der Waals surface area contributed by atoms with Crippen molar-refractivity contribution < 1.29 is 0 Å². The SMILES string of the molecule is CCC1CN(c2nc(N)nc3nc[nH]c23)CCS1. The zero-order chi connectivity index (χ0) is 12.5. The Morgan fingerprint density at radius 3 is 3.28 bits per heavy atom. The maximum absolute atomic E-state index is 5.75. The van der Waals surface area contributed by atoms with E-state index < -0.39 is 0 Å². The van der Waals surface area contributed by atoms with Crippen molar-refractivity contribution in [2.45, 2.75) is 18.6 Å². The number of aromatic nitrogens is 4. The Morgan fingerprint density at radius 2 is 2.44 bits per heavy atom. The minimum Gasteiger partial charge on any atom is -0.368 e. The lowest BCUT2D eigenvalue weighted by molar-refractivity contribution is 0.722. The van der Waals surface area contributed by atoms with Gasteiger partial charge < -0.3 is 15.6 Å². The molecule has 0 spiro atoms. The molecule has 1 saturated heterocycles. The van der Waals surface area contributed by atoms with Gasteiger partial charge in [-0.2, -0.15) is 21.7 Å². The van der Waals surface area contributed by atoms with Gasteiger partial charge in [-0.1, -0.05) is 6.92 Å². The van der Waals surface area contributed by atoms with E-state index >= 15 is 0 Å². The minimum atomic E-state index is 0.288. The topological polar surface area (TPSA) is 83.7 Å². The second-order valence-electron chi connectivity index (χ2n) is 4.35. The summed E-state index contributed by atoms with van der Waals surface area (Å²) in [5, 5.41) is 0.660. The summed E-state index contributed by atoms with van der Waals surface area (Å²) >= 11 is 2.03. The molecule has 2 aromatic rings. The van der Waals surface area contributed by atoms with Crippen molar-refractivity contribution in [1.29, 1.82) is 0 Å². The highest BCUT2D eigenvalue weighted by Crippen LogP contribution is 2.28. The molecule has 7 heteroatoms. The van der Waals surface area contributed by atoms with E-state index in [4.69, 9.17) is 5.73 Å². The number of imidazole rings is 1. The smallest absolute Gasteiger partial charge is 0.224 e. The molecular formula is C11H16N6S. The highest BCUT2D eigenvalue weighted by atomic mass is 32.2. The van der Waals surface area contributed by atoms with Crippen LogP contribution in [0.3, 0.4) is 0 Å². The Hall–Kier alpha value is -1.50. The number of nitrogens with zero attached hydrogens (tertiary/aromatic N) is 4. The number of hydrogen-bond donors (Lipinski definition) is 2. The van der Waals surface area contributed by atoms with Gasteiger partial charge in [-0.15, -0.1) is 0 Å². The first-order valence-electron chi connectivity index (χ1n) is 6.11. The maximum atomic E-state index is 5.75. The van der Waals surface area contributed by atoms with Gasteiger partial charge in [0.1, 0.15) is 5.52 Å². The molecule has 2 aromatic heterocycles. The Balaban J connectivity index is 2.00. The number of anilines is 2. The van der Waals surface area contributed by atoms with Gasteiger partial charge in [0.15, 0.2) is 11.5 Å². The van der Waals surface area contributed by atoms with Crippen molar-refractivity contribution in [1.82, 2.24) is 19.9 Å². The Kier molecular flexibility index (Phi) is 2.99. The van der Waals surface area contributed by atoms with Crippen molar-refractivity contribution in [3.05, 3.63) is 6.33 Å². The fraction of sp³-hybridized carbons (Fsp3) is 0.545. The first kappa shape index (κ1) is 11.6. The molecule has 0 aliphatic carbocycles. The van der Waals surface area contributed by atoms with Crippen molar-refractivity contribution >= 4 is 34.7 Å². The molecule has 1 atom stereocenters. The summed E-state index contributed by atoms with van der Waals surface area (Å²) in [7, 11) is 0. The molecule has 18 heavy (non-hydrogen) atoms. The number of hydrogen-bond acceptors (Lipinski definition) is 6. The second-order valence-corrected chi connectivity index (χ2v) is 5.76. The maximum Gasteiger partial charge on any atom is 0.224 e. The predicted molar refractivity (Wildman–Crippen MR) is 74.8 cm³/mol. The van der Waals surface area contributed by atoms with Crippen LogP contribution in [0.15, 0.2) is 6.33 Å². The van der Waals surface area contributed by atoms with Gasteiger partial charge in [0.05, 0.1) is 6.33 Å². The molecule has 0 amide bonds. The van der Waals surface area contributed by atoms with E-state index in [2.05, 4.69) is 31.8 Å². The third-order valence-corrected chi connectivity index (χ3v) is 4.55. The van der Waals surface area contributed by atoms with Crippen LogP contribution in [0, 0.1) is 0 Å². The van der Waals surface area contributed by atoms with E-state index in [-0.39, 0.29) is 5.95 Å². The first-order chi connectivity index (χ1) is 8.78. The molecule has 6 nitrogen and oxygen atoms in total. The van der Waals surface area contributed by atoms with Crippen molar-refractivity contribution in [2.24, 2.45) is 0 Å². The minimum absolute atomic E-state index is 0.288. The number of thioether (sulfide) groups is 1. The van der Waals surface area contributed by atoms with Crippen LogP contribution in [0.25, 0.3) is 11.2 Å². The Bertz CT molecular complexity index is 553. The number of fused-ring (bicyclic) bond motifs is 1. The van der Waals surface area contributed by atoms with Gasteiger partial charge in [-0.25, -0.2) is 4.98 Å².